The summed E-state index contributed by atoms with van der Waals surface area (Å²) in [7, 11) is 2.06. The molecular weight excluding hydrogens is 375 g/mol. The highest BCUT2D eigenvalue weighted by Gasteiger charge is 2.21. The van der Waals surface area contributed by atoms with Gasteiger partial charge < -0.3 is 10.2 Å². The molecule has 0 saturated heterocycles. The van der Waals surface area contributed by atoms with Crippen molar-refractivity contribution in [2.24, 2.45) is 0 Å². The highest BCUT2D eigenvalue weighted by atomic mass is 35.5. The van der Waals surface area contributed by atoms with Crippen LogP contribution in [0.2, 0.25) is 5.02 Å². The van der Waals surface area contributed by atoms with Crippen LogP contribution in [-0.2, 0) is 12.8 Å². The second-order valence-corrected chi connectivity index (χ2v) is 8.04. The van der Waals surface area contributed by atoms with Gasteiger partial charge in [0.2, 0.25) is 5.95 Å². The molecule has 0 spiro atoms. The predicted octanol–water partition coefficient (Wildman–Crippen LogP) is 5.03. The van der Waals surface area contributed by atoms with E-state index in [1.807, 2.05) is 6.07 Å². The first kappa shape index (κ1) is 21.0. The van der Waals surface area contributed by atoms with Crippen molar-refractivity contribution in [3.05, 3.63) is 40.3 Å². The van der Waals surface area contributed by atoms with Crippen LogP contribution in [0.5, 0.6) is 0 Å². The molecule has 0 radical (unpaired) electrons. The normalized spacial score (nSPS) is 15.0. The van der Waals surface area contributed by atoms with Crippen molar-refractivity contribution >= 4 is 17.5 Å². The minimum Gasteiger partial charge on any atom is -0.341 e. The summed E-state index contributed by atoms with van der Waals surface area (Å²) in [4.78, 5) is 12.0. The lowest BCUT2D eigenvalue weighted by Crippen LogP contribution is -2.31. The smallest absolute Gasteiger partial charge is 0.226 e. The Morgan fingerprint density at radius 1 is 1.21 bits per heavy atom. The Balaban J connectivity index is 2.00. The molecule has 2 heterocycles. The van der Waals surface area contributed by atoms with E-state index in [1.54, 1.807) is 6.07 Å². The Hall–Kier alpha value is -1.72. The number of hydrogen-bond donors (Lipinski definition) is 1. The summed E-state index contributed by atoms with van der Waals surface area (Å²) in [5, 5.41) is 3.55. The number of unbranched alkanes of at least 4 members (excludes halogenated alkanes) is 2. The van der Waals surface area contributed by atoms with E-state index >= 15 is 0 Å². The molecule has 1 atom stereocenters. The van der Waals surface area contributed by atoms with Crippen molar-refractivity contribution in [1.29, 1.82) is 0 Å². The van der Waals surface area contributed by atoms with Crippen LogP contribution in [0.25, 0.3) is 11.3 Å². The van der Waals surface area contributed by atoms with Gasteiger partial charge in [-0.2, -0.15) is 0 Å². The van der Waals surface area contributed by atoms with Crippen LogP contribution in [0, 0.1) is 5.82 Å². The highest BCUT2D eigenvalue weighted by molar-refractivity contribution is 6.30. The molecule has 0 bridgehead atoms. The molecule has 0 aliphatic carbocycles. The molecule has 0 amide bonds. The van der Waals surface area contributed by atoms with Crippen molar-refractivity contribution in [2.45, 2.75) is 58.4 Å². The van der Waals surface area contributed by atoms with Crippen molar-refractivity contribution in [3.63, 3.8) is 0 Å². The quantitative estimate of drug-likeness (QED) is 0.657. The Morgan fingerprint density at radius 2 is 2.00 bits per heavy atom. The van der Waals surface area contributed by atoms with E-state index in [0.717, 1.165) is 60.8 Å². The summed E-state index contributed by atoms with van der Waals surface area (Å²) in [6, 6.07) is 5.29. The van der Waals surface area contributed by atoms with Crippen molar-refractivity contribution < 1.29 is 4.39 Å². The van der Waals surface area contributed by atoms with Gasteiger partial charge in [0, 0.05) is 37.2 Å². The van der Waals surface area contributed by atoms with Gasteiger partial charge in [-0.05, 0) is 38.4 Å². The molecule has 0 fully saturated rings. The molecule has 0 saturated carbocycles. The Kier molecular flexibility index (Phi) is 7.24. The maximum absolute atomic E-state index is 14.1. The lowest BCUT2D eigenvalue weighted by Gasteiger charge is -2.26. The van der Waals surface area contributed by atoms with Gasteiger partial charge in [0.15, 0.2) is 0 Å². The molecule has 1 aromatic heterocycles. The van der Waals surface area contributed by atoms with Crippen LogP contribution in [0.4, 0.5) is 10.3 Å². The van der Waals surface area contributed by atoms with E-state index in [0.29, 0.717) is 6.04 Å². The molecule has 1 aromatic carbocycles. The molecule has 1 N–H and O–H groups in total. The van der Waals surface area contributed by atoms with E-state index in [1.165, 1.54) is 25.3 Å². The molecule has 1 aliphatic rings. The fraction of sp³-hybridized carbons (Fsp3) is 0.545. The number of rotatable bonds is 7. The van der Waals surface area contributed by atoms with Crippen LogP contribution in [0.15, 0.2) is 18.2 Å². The predicted molar refractivity (Wildman–Crippen MR) is 115 cm³/mol. The van der Waals surface area contributed by atoms with Gasteiger partial charge >= 0.3 is 0 Å². The van der Waals surface area contributed by atoms with Crippen molar-refractivity contribution in [3.8, 4) is 11.3 Å². The molecule has 152 valence electrons. The SMILES string of the molecule is CCCCC[C@H](C)N(C)c1nc2c(c(-c3ccc(Cl)c(F)c3)n1)CCNCC2. The number of nitrogens with zero attached hydrogens (tertiary/aromatic N) is 3. The second-order valence-electron chi connectivity index (χ2n) is 7.63. The summed E-state index contributed by atoms with van der Waals surface area (Å²) >= 11 is 5.90. The Bertz CT molecular complexity index is 811. The third kappa shape index (κ3) is 4.81. The highest BCUT2D eigenvalue weighted by Crippen LogP contribution is 2.30. The van der Waals surface area contributed by atoms with Gasteiger partial charge in [0.05, 0.1) is 16.4 Å². The first-order valence-electron chi connectivity index (χ1n) is 10.3. The largest absolute Gasteiger partial charge is 0.341 e. The average molecular weight is 405 g/mol. The molecule has 28 heavy (non-hydrogen) atoms. The summed E-state index contributed by atoms with van der Waals surface area (Å²) in [6.45, 7) is 6.21. The van der Waals surface area contributed by atoms with E-state index in [4.69, 9.17) is 21.6 Å². The zero-order chi connectivity index (χ0) is 20.1. The molecule has 3 rings (SSSR count). The summed E-state index contributed by atoms with van der Waals surface area (Å²) in [5.41, 5.74) is 3.76. The van der Waals surface area contributed by atoms with E-state index in [-0.39, 0.29) is 5.02 Å². The third-order valence-corrected chi connectivity index (χ3v) is 5.87. The second kappa shape index (κ2) is 9.66. The molecule has 1 aliphatic heterocycles. The fourth-order valence-corrected chi connectivity index (χ4v) is 3.77. The van der Waals surface area contributed by atoms with Gasteiger partial charge in [0.25, 0.3) is 0 Å². The maximum Gasteiger partial charge on any atom is 0.226 e. The molecule has 2 aromatic rings. The topological polar surface area (TPSA) is 41.1 Å². The monoisotopic (exact) mass is 404 g/mol. The zero-order valence-corrected chi connectivity index (χ0v) is 17.8. The number of nitrogens with one attached hydrogen (secondary N) is 1. The lowest BCUT2D eigenvalue weighted by atomic mass is 10.0. The lowest BCUT2D eigenvalue weighted by molar-refractivity contribution is 0.562. The summed E-state index contributed by atoms with van der Waals surface area (Å²) in [5.74, 6) is 0.302. The number of hydrogen-bond acceptors (Lipinski definition) is 4. The number of anilines is 1. The standard InChI is InChI=1S/C22H30ClFN4/c1-4-5-6-7-15(2)28(3)22-26-20-11-13-25-12-10-17(20)21(27-22)16-8-9-18(23)19(24)14-16/h8-9,14-15,25H,4-7,10-13H2,1-3H3/t15-/m0/s1. The maximum atomic E-state index is 14.1. The zero-order valence-electron chi connectivity index (χ0n) is 17.1. The minimum absolute atomic E-state index is 0.132. The van der Waals surface area contributed by atoms with E-state index < -0.39 is 5.82 Å². The number of fused-ring (bicyclic) bond motifs is 1. The van der Waals surface area contributed by atoms with Gasteiger partial charge in [-0.3, -0.25) is 0 Å². The minimum atomic E-state index is -0.416. The number of halogens is 2. The van der Waals surface area contributed by atoms with Crippen LogP contribution in [0.3, 0.4) is 0 Å². The van der Waals surface area contributed by atoms with Crippen LogP contribution in [-0.4, -0.2) is 36.1 Å². The molecule has 6 heteroatoms. The van der Waals surface area contributed by atoms with Gasteiger partial charge in [-0.1, -0.05) is 43.9 Å². The van der Waals surface area contributed by atoms with Crippen LogP contribution >= 0.6 is 11.6 Å². The number of benzene rings is 1. The summed E-state index contributed by atoms with van der Waals surface area (Å²) < 4.78 is 14.1. The third-order valence-electron chi connectivity index (χ3n) is 5.57. The molecule has 0 unspecified atom stereocenters. The van der Waals surface area contributed by atoms with Crippen LogP contribution < -0.4 is 10.2 Å². The van der Waals surface area contributed by atoms with Gasteiger partial charge in [-0.25, -0.2) is 14.4 Å². The fourth-order valence-electron chi connectivity index (χ4n) is 3.65. The van der Waals surface area contributed by atoms with Gasteiger partial charge in [0.1, 0.15) is 5.82 Å². The van der Waals surface area contributed by atoms with E-state index in [2.05, 4.69) is 31.1 Å². The van der Waals surface area contributed by atoms with Crippen LogP contribution in [0.1, 0.15) is 50.8 Å². The van der Waals surface area contributed by atoms with Crippen molar-refractivity contribution in [1.82, 2.24) is 15.3 Å². The molecular formula is C22H30ClFN4. The first-order chi connectivity index (χ1) is 13.5. The first-order valence-corrected chi connectivity index (χ1v) is 10.7. The summed E-state index contributed by atoms with van der Waals surface area (Å²) in [6.07, 6.45) is 6.45. The average Bonchev–Trinajstić information content (AvgIpc) is 2.94. The number of aromatic nitrogens is 2. The van der Waals surface area contributed by atoms with E-state index in [9.17, 15) is 4.39 Å². The van der Waals surface area contributed by atoms with Crippen molar-refractivity contribution in [2.75, 3.05) is 25.0 Å². The Labute approximate surface area is 172 Å². The van der Waals surface area contributed by atoms with Gasteiger partial charge in [-0.15, -0.1) is 0 Å². The molecule has 4 nitrogen and oxygen atoms in total. The Morgan fingerprint density at radius 3 is 2.75 bits per heavy atom.